The highest BCUT2D eigenvalue weighted by molar-refractivity contribution is 5.96. The summed E-state index contributed by atoms with van der Waals surface area (Å²) in [4.78, 5) is 76.7. The Morgan fingerprint density at radius 3 is 1.40 bits per heavy atom. The number of hydrogen-bond acceptors (Lipinski definition) is 15. The summed E-state index contributed by atoms with van der Waals surface area (Å²) >= 11 is 0. The summed E-state index contributed by atoms with van der Waals surface area (Å²) in [6.07, 6.45) is 9.92. The first-order valence-corrected chi connectivity index (χ1v) is 31.1. The molecule has 3 N–H and O–H groups in total. The molecule has 0 unspecified atom stereocenters. The smallest absolute Gasteiger partial charge is 0.410 e. The zero-order valence-electron chi connectivity index (χ0n) is 54.6. The quantitative estimate of drug-likeness (QED) is 0.0621. The number of aliphatic hydroxyl groups is 2. The molecule has 0 aromatic heterocycles. The number of rotatable bonds is 30. The minimum atomic E-state index is -1.08. The lowest BCUT2D eigenvalue weighted by atomic mass is 9.93. The van der Waals surface area contributed by atoms with Gasteiger partial charge in [0.05, 0.1) is 57.5 Å². The van der Waals surface area contributed by atoms with E-state index in [1.165, 1.54) is 0 Å². The van der Waals surface area contributed by atoms with Crippen LogP contribution in [0.15, 0.2) is 36.4 Å². The molecule has 86 heavy (non-hydrogen) atoms. The summed E-state index contributed by atoms with van der Waals surface area (Å²) in [6.45, 7) is 24.6. The molecule has 4 fully saturated rings. The second-order valence-corrected chi connectivity index (χ2v) is 26.3. The van der Waals surface area contributed by atoms with Crippen molar-refractivity contribution in [2.75, 3.05) is 81.0 Å². The summed E-state index contributed by atoms with van der Waals surface area (Å²) in [5, 5.41) is 24.0. The average molecular weight is 1230 g/mol. The number of benzene rings is 2. The fourth-order valence-corrected chi connectivity index (χ4v) is 11.3. The van der Waals surface area contributed by atoms with Crippen LogP contribution in [-0.2, 0) is 23.8 Å². The molecule has 5 amide bonds. The van der Waals surface area contributed by atoms with Crippen molar-refractivity contribution in [3.05, 3.63) is 47.5 Å². The van der Waals surface area contributed by atoms with E-state index in [2.05, 4.69) is 19.2 Å². The maximum absolute atomic E-state index is 14.1. The number of carbonyl (C=O) groups is 5. The van der Waals surface area contributed by atoms with Crippen LogP contribution in [0.5, 0.6) is 23.0 Å². The van der Waals surface area contributed by atoms with E-state index in [0.29, 0.717) is 124 Å². The molecule has 4 aliphatic rings. The van der Waals surface area contributed by atoms with Crippen molar-refractivity contribution in [1.82, 2.24) is 29.8 Å². The van der Waals surface area contributed by atoms with E-state index in [9.17, 15) is 34.2 Å². The predicted molar refractivity (Wildman–Crippen MR) is 335 cm³/mol. The Kier molecular flexibility index (Phi) is 29.0. The minimum absolute atomic E-state index is 0. The maximum Gasteiger partial charge on any atom is 0.410 e. The van der Waals surface area contributed by atoms with Gasteiger partial charge in [-0.05, 0) is 177 Å². The minimum Gasteiger partial charge on any atom is -0.493 e. The standard InChI is InChI=1S/C35H57N3O8.C30H49N3O6.ClH/c1-24(2)38(32(40)25-11-16-29(44-9)30(21-25)45-20-10-19-43-8)28-15-14-27(37(23-28)33(41)46-34(3,4)5)17-18-36(26-12-13-26)31(39)22-35(6,7)42;1-21(2)33(29(35)22-8-13-26(38-6)27(18-22)39-17-7-16-37-5)25-10-9-23(31-20-25)14-15-32(24-11-12-24)28(34)19-30(3,4)36;/h11,16,21,24,26-28,42H,10,12-15,17-20,22-23H2,1-9H3;8,13,18,21,23-25,31,36H,7,9-12,14-17,19-20H2,1-6H3;1H/t27-,28-;23-,25-;/m11./s1. The second-order valence-electron chi connectivity index (χ2n) is 26.3. The second kappa shape index (κ2) is 34.0. The molecular formula is C65H107ClN6O14. The largest absolute Gasteiger partial charge is 0.493 e. The number of amides is 5. The van der Waals surface area contributed by atoms with Gasteiger partial charge in [0.2, 0.25) is 11.8 Å². The molecule has 2 saturated carbocycles. The van der Waals surface area contributed by atoms with Gasteiger partial charge in [0.15, 0.2) is 23.0 Å². The molecule has 0 bridgehead atoms. The molecule has 488 valence electrons. The highest BCUT2D eigenvalue weighted by Gasteiger charge is 2.42. The Balaban J connectivity index is 0.000000369. The highest BCUT2D eigenvalue weighted by atomic mass is 35.5. The van der Waals surface area contributed by atoms with Crippen LogP contribution in [0.1, 0.15) is 187 Å². The molecule has 2 heterocycles. The topological polar surface area (TPSA) is 219 Å². The summed E-state index contributed by atoms with van der Waals surface area (Å²) < 4.78 is 38.8. The number of piperidine rings is 2. The van der Waals surface area contributed by atoms with Gasteiger partial charge in [-0.1, -0.05) is 0 Å². The van der Waals surface area contributed by atoms with Crippen LogP contribution in [0.4, 0.5) is 4.79 Å². The Morgan fingerprint density at radius 1 is 0.581 bits per heavy atom. The summed E-state index contributed by atoms with van der Waals surface area (Å²) in [5.41, 5.74) is -1.70. The van der Waals surface area contributed by atoms with Crippen molar-refractivity contribution in [3.8, 4) is 23.0 Å². The fraction of sp³-hybridized carbons (Fsp3) is 0.738. The van der Waals surface area contributed by atoms with E-state index >= 15 is 0 Å². The van der Waals surface area contributed by atoms with E-state index in [0.717, 1.165) is 51.4 Å². The van der Waals surface area contributed by atoms with E-state index in [-0.39, 0.29) is 85.1 Å². The van der Waals surface area contributed by atoms with Crippen molar-refractivity contribution >= 4 is 42.1 Å². The molecule has 21 heteroatoms. The van der Waals surface area contributed by atoms with Crippen LogP contribution in [0.3, 0.4) is 0 Å². The molecule has 6 rings (SSSR count). The van der Waals surface area contributed by atoms with E-state index < -0.39 is 22.9 Å². The van der Waals surface area contributed by atoms with Gasteiger partial charge in [-0.2, -0.15) is 0 Å². The lowest BCUT2D eigenvalue weighted by Gasteiger charge is -2.45. The van der Waals surface area contributed by atoms with Gasteiger partial charge in [0.25, 0.3) is 11.8 Å². The first-order chi connectivity index (χ1) is 40.1. The SMILES string of the molecule is COCCCOc1cc(C(=O)N(C(C)C)[C@@H]2CC[C@H](CCN(C(=O)CC(C)(C)O)C3CC3)N(C(=O)OC(C)(C)C)C2)ccc1OC.COCCCOc1cc(C(=O)N(C(C)C)[C@@H]2CC[C@H](CCN(C(=O)CC(C)(C)O)C3CC3)NC2)ccc1OC.Cl. The molecule has 2 aliphatic heterocycles. The van der Waals surface area contributed by atoms with E-state index in [1.807, 2.05) is 54.2 Å². The third-order valence-electron chi connectivity index (χ3n) is 15.7. The molecule has 2 aliphatic carbocycles. The molecule has 2 saturated heterocycles. The van der Waals surface area contributed by atoms with Gasteiger partial charge in [-0.3, -0.25) is 19.2 Å². The zero-order chi connectivity index (χ0) is 62.8. The van der Waals surface area contributed by atoms with Crippen LogP contribution in [0.2, 0.25) is 0 Å². The molecule has 4 atom stereocenters. The molecule has 0 spiro atoms. The molecule has 2 aromatic carbocycles. The Bertz CT molecular complexity index is 2450. The van der Waals surface area contributed by atoms with Crippen molar-refractivity contribution < 1.29 is 67.3 Å². The van der Waals surface area contributed by atoms with Crippen LogP contribution in [0, 0.1) is 0 Å². The number of methoxy groups -OCH3 is 4. The molecule has 2 aromatic rings. The monoisotopic (exact) mass is 1230 g/mol. The predicted octanol–water partition coefficient (Wildman–Crippen LogP) is 9.32. The first-order valence-electron chi connectivity index (χ1n) is 31.1. The maximum atomic E-state index is 14.1. The Hall–Kier alpha value is -5.12. The third kappa shape index (κ3) is 23.4. The number of carbonyl (C=O) groups excluding carboxylic acids is 5. The van der Waals surface area contributed by atoms with Gasteiger partial charge in [-0.25, -0.2) is 4.79 Å². The normalized spacial score (nSPS) is 18.9. The molecular weight excluding hydrogens is 1120 g/mol. The Labute approximate surface area is 520 Å². The number of hydrogen-bond donors (Lipinski definition) is 3. The van der Waals surface area contributed by atoms with Gasteiger partial charge in [-0.15, -0.1) is 12.4 Å². The lowest BCUT2D eigenvalue weighted by molar-refractivity contribution is -0.137. The van der Waals surface area contributed by atoms with Crippen LogP contribution in [0.25, 0.3) is 0 Å². The lowest BCUT2D eigenvalue weighted by Crippen LogP contribution is -2.58. The van der Waals surface area contributed by atoms with Crippen molar-refractivity contribution in [3.63, 3.8) is 0 Å². The average Bonchev–Trinajstić information content (AvgIpc) is 2.39. The van der Waals surface area contributed by atoms with Crippen molar-refractivity contribution in [2.24, 2.45) is 0 Å². The van der Waals surface area contributed by atoms with Gasteiger partial charge in [0.1, 0.15) is 5.60 Å². The fourth-order valence-electron chi connectivity index (χ4n) is 11.3. The summed E-state index contributed by atoms with van der Waals surface area (Å²) in [7, 11) is 6.46. The number of likely N-dealkylation sites (tertiary alicyclic amines) is 1. The summed E-state index contributed by atoms with van der Waals surface area (Å²) in [5.74, 6) is 2.01. The number of ether oxygens (including phenoxy) is 7. The van der Waals surface area contributed by atoms with Crippen LogP contribution in [-0.4, -0.2) is 211 Å². The van der Waals surface area contributed by atoms with Crippen molar-refractivity contribution in [2.45, 2.75) is 231 Å². The van der Waals surface area contributed by atoms with E-state index in [1.54, 1.807) is 97.4 Å². The zero-order valence-corrected chi connectivity index (χ0v) is 55.4. The molecule has 0 radical (unpaired) electrons. The van der Waals surface area contributed by atoms with Crippen molar-refractivity contribution in [1.29, 1.82) is 0 Å². The van der Waals surface area contributed by atoms with E-state index in [4.69, 9.17) is 33.2 Å². The van der Waals surface area contributed by atoms with Gasteiger partial charge >= 0.3 is 6.09 Å². The molecule has 20 nitrogen and oxygen atoms in total. The summed E-state index contributed by atoms with van der Waals surface area (Å²) in [6, 6.07) is 11.0. The van der Waals surface area contributed by atoms with Crippen LogP contribution >= 0.6 is 12.4 Å². The highest BCUT2D eigenvalue weighted by Crippen LogP contribution is 2.35. The Morgan fingerprint density at radius 2 is 1.01 bits per heavy atom. The number of nitrogens with zero attached hydrogens (tertiary/aromatic N) is 5. The van der Waals surface area contributed by atoms with Gasteiger partial charge < -0.3 is 73.2 Å². The van der Waals surface area contributed by atoms with Crippen LogP contribution < -0.4 is 24.3 Å². The number of nitrogens with one attached hydrogen (secondary N) is 1. The first kappa shape index (κ1) is 73.4. The number of halogens is 1. The van der Waals surface area contributed by atoms with Gasteiger partial charge in [0, 0.05) is 120 Å². The third-order valence-corrected chi connectivity index (χ3v) is 15.7.